The lowest BCUT2D eigenvalue weighted by atomic mass is 10.3. The number of hydrogen-bond donors (Lipinski definition) is 1. The van der Waals surface area contributed by atoms with E-state index in [0.717, 1.165) is 5.56 Å². The summed E-state index contributed by atoms with van der Waals surface area (Å²) in [4.78, 5) is 23.0. The van der Waals surface area contributed by atoms with Crippen molar-refractivity contribution >= 4 is 51.8 Å². The lowest BCUT2D eigenvalue weighted by Crippen LogP contribution is -2.37. The normalized spacial score (nSPS) is 16.4. The van der Waals surface area contributed by atoms with E-state index in [1.807, 2.05) is 12.1 Å². The van der Waals surface area contributed by atoms with Gasteiger partial charge >= 0.3 is 6.03 Å². The van der Waals surface area contributed by atoms with Gasteiger partial charge in [0.05, 0.1) is 23.1 Å². The maximum Gasteiger partial charge on any atom is 0.328 e. The van der Waals surface area contributed by atoms with Gasteiger partial charge in [-0.1, -0.05) is 48.0 Å². The van der Waals surface area contributed by atoms with Gasteiger partial charge in [0.1, 0.15) is 0 Å². The molecule has 0 aliphatic carbocycles. The first-order valence-electron chi connectivity index (χ1n) is 7.66. The molecule has 2 heterocycles. The Hall–Kier alpha value is -1.76. The molecule has 0 saturated carbocycles. The van der Waals surface area contributed by atoms with Crippen LogP contribution in [-0.2, 0) is 6.54 Å². The molecule has 0 spiro atoms. The minimum atomic E-state index is -0.275. The molecule has 2 amide bonds. The Balaban J connectivity index is 1.80. The fourth-order valence-electron chi connectivity index (χ4n) is 2.28. The second-order valence-corrected chi connectivity index (χ2v) is 7.78. The van der Waals surface area contributed by atoms with Crippen LogP contribution >= 0.6 is 35.0 Å². The number of rotatable bonds is 3. The molecule has 8 heteroatoms. The van der Waals surface area contributed by atoms with Crippen molar-refractivity contribution in [1.29, 1.82) is 0 Å². The molecule has 25 heavy (non-hydrogen) atoms. The highest BCUT2D eigenvalue weighted by molar-refractivity contribution is 8.14. The van der Waals surface area contributed by atoms with E-state index in [1.54, 1.807) is 47.3 Å². The summed E-state index contributed by atoms with van der Waals surface area (Å²) in [5.41, 5.74) is 1.50. The second-order valence-electron chi connectivity index (χ2n) is 5.56. The number of urea groups is 1. The summed E-state index contributed by atoms with van der Waals surface area (Å²) >= 11 is 13.5. The van der Waals surface area contributed by atoms with Crippen molar-refractivity contribution in [3.05, 3.63) is 58.3 Å². The quantitative estimate of drug-likeness (QED) is 0.803. The van der Waals surface area contributed by atoms with Crippen molar-refractivity contribution in [3.63, 3.8) is 0 Å². The number of nitrogens with one attached hydrogen (secondary N) is 1. The number of halogens is 2. The molecule has 1 N–H and O–H groups in total. The first-order valence-corrected chi connectivity index (χ1v) is 9.30. The van der Waals surface area contributed by atoms with Crippen molar-refractivity contribution in [2.75, 3.05) is 11.9 Å². The molecule has 1 aromatic heterocycles. The minimum absolute atomic E-state index is 0.275. The zero-order valence-corrected chi connectivity index (χ0v) is 15.8. The molecule has 1 aromatic carbocycles. The SMILES string of the molecule is C[C@@H]1CN=C(N(Cc2cccnc2)C(=O)Nc2ccc(Cl)c(Cl)c2)S1. The van der Waals surface area contributed by atoms with Crippen LogP contribution in [0.3, 0.4) is 0 Å². The van der Waals surface area contributed by atoms with Crippen LogP contribution in [0.4, 0.5) is 10.5 Å². The monoisotopic (exact) mass is 394 g/mol. The van der Waals surface area contributed by atoms with Gasteiger partial charge in [-0.15, -0.1) is 0 Å². The molecule has 0 unspecified atom stereocenters. The van der Waals surface area contributed by atoms with Crippen LogP contribution in [0.1, 0.15) is 12.5 Å². The minimum Gasteiger partial charge on any atom is -0.307 e. The molecule has 1 aliphatic rings. The van der Waals surface area contributed by atoms with Crippen LogP contribution in [0.25, 0.3) is 0 Å². The zero-order chi connectivity index (χ0) is 17.8. The van der Waals surface area contributed by atoms with Gasteiger partial charge < -0.3 is 5.32 Å². The van der Waals surface area contributed by atoms with Crippen LogP contribution < -0.4 is 5.32 Å². The Morgan fingerprint density at radius 3 is 2.84 bits per heavy atom. The number of nitrogens with zero attached hydrogens (tertiary/aromatic N) is 3. The summed E-state index contributed by atoms with van der Waals surface area (Å²) < 4.78 is 0. The number of amides is 2. The number of benzene rings is 1. The number of hydrogen-bond acceptors (Lipinski definition) is 4. The number of aliphatic imine (C=N–C) groups is 1. The Morgan fingerprint density at radius 2 is 2.20 bits per heavy atom. The predicted molar refractivity (Wildman–Crippen MR) is 105 cm³/mol. The van der Waals surface area contributed by atoms with Gasteiger partial charge in [0, 0.05) is 23.3 Å². The molecular formula is C17H16Cl2N4OS. The lowest BCUT2D eigenvalue weighted by Gasteiger charge is -2.23. The summed E-state index contributed by atoms with van der Waals surface area (Å²) in [5, 5.41) is 4.73. The summed E-state index contributed by atoms with van der Waals surface area (Å²) in [7, 11) is 0. The van der Waals surface area contributed by atoms with Crippen LogP contribution in [0.5, 0.6) is 0 Å². The molecule has 130 valence electrons. The Labute approximate surface area is 160 Å². The fourth-order valence-corrected chi connectivity index (χ4v) is 3.51. The van der Waals surface area contributed by atoms with E-state index in [1.165, 1.54) is 0 Å². The molecule has 2 aromatic rings. The predicted octanol–water partition coefficient (Wildman–Crippen LogP) is 4.91. The number of thioether (sulfide) groups is 1. The van der Waals surface area contributed by atoms with Gasteiger partial charge in [0.15, 0.2) is 5.17 Å². The fraction of sp³-hybridized carbons (Fsp3) is 0.235. The van der Waals surface area contributed by atoms with E-state index in [4.69, 9.17) is 23.2 Å². The molecule has 5 nitrogen and oxygen atoms in total. The topological polar surface area (TPSA) is 57.6 Å². The molecule has 3 rings (SSSR count). The maximum atomic E-state index is 12.8. The Bertz CT molecular complexity index is 800. The number of aromatic nitrogens is 1. The molecule has 0 saturated heterocycles. The third-order valence-corrected chi connectivity index (χ3v) is 5.35. The van der Waals surface area contributed by atoms with Crippen LogP contribution in [0.15, 0.2) is 47.7 Å². The zero-order valence-electron chi connectivity index (χ0n) is 13.4. The van der Waals surface area contributed by atoms with E-state index in [0.29, 0.717) is 39.2 Å². The third-order valence-electron chi connectivity index (χ3n) is 3.50. The largest absolute Gasteiger partial charge is 0.328 e. The van der Waals surface area contributed by atoms with E-state index in [2.05, 4.69) is 22.2 Å². The van der Waals surface area contributed by atoms with Crippen molar-refractivity contribution in [3.8, 4) is 0 Å². The van der Waals surface area contributed by atoms with Crippen LogP contribution in [-0.4, -0.2) is 32.9 Å². The van der Waals surface area contributed by atoms with Crippen molar-refractivity contribution in [2.45, 2.75) is 18.7 Å². The third kappa shape index (κ3) is 4.66. The van der Waals surface area contributed by atoms with E-state index in [9.17, 15) is 4.79 Å². The standard InChI is InChI=1S/C17H16Cl2N4OS/c1-11-8-21-17(25-11)23(10-12-3-2-6-20-9-12)16(24)22-13-4-5-14(18)15(19)7-13/h2-7,9,11H,8,10H2,1H3,(H,22,24)/t11-/m1/s1. The van der Waals surface area contributed by atoms with Crippen molar-refractivity contribution < 1.29 is 4.79 Å². The first kappa shape index (κ1) is 18.0. The smallest absolute Gasteiger partial charge is 0.307 e. The van der Waals surface area contributed by atoms with Crippen molar-refractivity contribution in [2.24, 2.45) is 4.99 Å². The number of pyridine rings is 1. The maximum absolute atomic E-state index is 12.8. The number of amidine groups is 1. The Morgan fingerprint density at radius 1 is 1.36 bits per heavy atom. The lowest BCUT2D eigenvalue weighted by molar-refractivity contribution is 0.233. The van der Waals surface area contributed by atoms with Gasteiger partial charge in [-0.2, -0.15) is 0 Å². The van der Waals surface area contributed by atoms with Gasteiger partial charge in [-0.3, -0.25) is 14.9 Å². The number of carbonyl (C=O) groups is 1. The summed E-state index contributed by atoms with van der Waals surface area (Å²) in [6.45, 7) is 3.17. The number of anilines is 1. The van der Waals surface area contributed by atoms with Gasteiger partial charge in [-0.25, -0.2) is 4.79 Å². The van der Waals surface area contributed by atoms with Gasteiger partial charge in [0.25, 0.3) is 0 Å². The molecule has 0 bridgehead atoms. The summed E-state index contributed by atoms with van der Waals surface area (Å²) in [5.74, 6) is 0. The summed E-state index contributed by atoms with van der Waals surface area (Å²) in [6, 6.07) is 8.47. The highest BCUT2D eigenvalue weighted by atomic mass is 35.5. The van der Waals surface area contributed by atoms with Crippen LogP contribution in [0, 0.1) is 0 Å². The van der Waals surface area contributed by atoms with Crippen molar-refractivity contribution in [1.82, 2.24) is 9.88 Å². The van der Waals surface area contributed by atoms with E-state index < -0.39 is 0 Å². The molecular weight excluding hydrogens is 379 g/mol. The van der Waals surface area contributed by atoms with Crippen LogP contribution in [0.2, 0.25) is 10.0 Å². The average Bonchev–Trinajstić information content (AvgIpc) is 3.03. The molecule has 1 aliphatic heterocycles. The van der Waals surface area contributed by atoms with Gasteiger partial charge in [0.2, 0.25) is 0 Å². The number of carbonyl (C=O) groups excluding carboxylic acids is 1. The molecule has 1 atom stereocenters. The Kier molecular flexibility index (Phi) is 5.83. The van der Waals surface area contributed by atoms with E-state index in [-0.39, 0.29) is 6.03 Å². The average molecular weight is 395 g/mol. The van der Waals surface area contributed by atoms with Gasteiger partial charge in [-0.05, 0) is 29.8 Å². The first-order chi connectivity index (χ1) is 12.0. The highest BCUT2D eigenvalue weighted by Gasteiger charge is 2.26. The molecule has 0 radical (unpaired) electrons. The molecule has 0 fully saturated rings. The second kappa shape index (κ2) is 8.08. The van der Waals surface area contributed by atoms with E-state index >= 15 is 0 Å². The summed E-state index contributed by atoms with van der Waals surface area (Å²) in [6.07, 6.45) is 3.44. The highest BCUT2D eigenvalue weighted by Crippen LogP contribution is 2.27.